The zero-order chi connectivity index (χ0) is 19.4. The van der Waals surface area contributed by atoms with Gasteiger partial charge in [-0.3, -0.25) is 14.4 Å². The maximum absolute atomic E-state index is 12.1. The van der Waals surface area contributed by atoms with Crippen molar-refractivity contribution >= 4 is 40.8 Å². The van der Waals surface area contributed by atoms with Crippen molar-refractivity contribution in [2.45, 2.75) is 25.6 Å². The van der Waals surface area contributed by atoms with Gasteiger partial charge in [-0.15, -0.1) is 0 Å². The van der Waals surface area contributed by atoms with Gasteiger partial charge in [0.25, 0.3) is 11.8 Å². The molecule has 0 aliphatic carbocycles. The van der Waals surface area contributed by atoms with Gasteiger partial charge in [-0.2, -0.15) is 0 Å². The van der Waals surface area contributed by atoms with Gasteiger partial charge in [0, 0.05) is 6.20 Å². The van der Waals surface area contributed by atoms with Crippen molar-refractivity contribution in [2.75, 3.05) is 10.6 Å². The average Bonchev–Trinajstić information content (AvgIpc) is 2.64. The van der Waals surface area contributed by atoms with Crippen molar-refractivity contribution in [3.05, 3.63) is 47.7 Å². The largest absolute Gasteiger partial charge is 0.478 e. The van der Waals surface area contributed by atoms with Crippen LogP contribution >= 0.6 is 11.6 Å². The number of nitrogens with one attached hydrogen (secondary N) is 2. The predicted molar refractivity (Wildman–Crippen MR) is 97.5 cm³/mol. The number of pyridine rings is 1. The molecule has 0 fully saturated rings. The quantitative estimate of drug-likeness (QED) is 0.600. The fourth-order valence-electron chi connectivity index (χ4n) is 2.39. The fourth-order valence-corrected chi connectivity index (χ4v) is 2.56. The van der Waals surface area contributed by atoms with Crippen molar-refractivity contribution in [1.29, 1.82) is 0 Å². The Labute approximate surface area is 159 Å². The van der Waals surface area contributed by atoms with Gasteiger partial charge in [-0.25, -0.2) is 4.98 Å². The van der Waals surface area contributed by atoms with E-state index in [0.717, 1.165) is 0 Å². The third kappa shape index (κ3) is 4.53. The lowest BCUT2D eigenvalue weighted by Gasteiger charge is -2.25. The molecule has 1 aromatic carbocycles. The number of fused-ring (bicyclic) bond motifs is 1. The van der Waals surface area contributed by atoms with Crippen LogP contribution in [0.5, 0.6) is 5.75 Å². The molecule has 0 bridgehead atoms. The van der Waals surface area contributed by atoms with E-state index in [0.29, 0.717) is 17.1 Å². The monoisotopic (exact) mass is 389 g/mol. The first-order valence-corrected chi connectivity index (χ1v) is 8.49. The molecule has 0 unspecified atom stereocenters. The number of halogens is 1. The number of benzene rings is 1. The van der Waals surface area contributed by atoms with Gasteiger partial charge in [0.05, 0.1) is 17.8 Å². The lowest BCUT2D eigenvalue weighted by Crippen LogP contribution is -2.40. The number of nitrogens with zero attached hydrogens (tertiary/aromatic N) is 1. The molecule has 2 atom stereocenters. The average molecular weight is 390 g/mol. The third-order valence-electron chi connectivity index (χ3n) is 3.75. The minimum absolute atomic E-state index is 0.121. The van der Waals surface area contributed by atoms with Gasteiger partial charge in [0.2, 0.25) is 0 Å². The Morgan fingerprint density at radius 2 is 2.11 bits per heavy atom. The van der Waals surface area contributed by atoms with E-state index in [1.165, 1.54) is 13.1 Å². The van der Waals surface area contributed by atoms with E-state index in [1.54, 1.807) is 36.4 Å². The molecule has 0 radical (unpaired) electrons. The number of para-hydroxylation sites is 2. The number of esters is 1. The standard InChI is InChI=1S/C18H16ClN3O5/c1-10(17(24)22-12-6-4-8-20-16(12)19)26-15(23)9-14-18(25)21-11-5-2-3-7-13(11)27-14/h2-8,10,14H,9H2,1H3,(H,21,25)(H,22,24)/t10-,14+/m1/s1. The zero-order valence-corrected chi connectivity index (χ0v) is 15.0. The van der Waals surface area contributed by atoms with Gasteiger partial charge in [-0.1, -0.05) is 23.7 Å². The van der Waals surface area contributed by atoms with Gasteiger partial charge >= 0.3 is 5.97 Å². The first-order chi connectivity index (χ1) is 12.9. The maximum atomic E-state index is 12.1. The Bertz CT molecular complexity index is 889. The van der Waals surface area contributed by atoms with E-state index < -0.39 is 30.0 Å². The van der Waals surface area contributed by atoms with Crippen LogP contribution in [0.15, 0.2) is 42.6 Å². The van der Waals surface area contributed by atoms with E-state index in [1.807, 2.05) is 0 Å². The Hall–Kier alpha value is -3.13. The molecule has 0 spiro atoms. The summed E-state index contributed by atoms with van der Waals surface area (Å²) in [5, 5.41) is 5.30. The number of hydrogen-bond acceptors (Lipinski definition) is 6. The number of amides is 2. The number of aromatic nitrogens is 1. The second-order valence-corrected chi connectivity index (χ2v) is 6.12. The minimum Gasteiger partial charge on any atom is -0.478 e. The highest BCUT2D eigenvalue weighted by atomic mass is 35.5. The predicted octanol–water partition coefficient (Wildman–Crippen LogP) is 2.40. The lowest BCUT2D eigenvalue weighted by molar-refractivity contribution is -0.155. The van der Waals surface area contributed by atoms with E-state index in [2.05, 4.69) is 15.6 Å². The summed E-state index contributed by atoms with van der Waals surface area (Å²) in [4.78, 5) is 40.1. The fraction of sp³-hybridized carbons (Fsp3) is 0.222. The first kappa shape index (κ1) is 18.7. The Kier molecular flexibility index (Phi) is 5.56. The van der Waals surface area contributed by atoms with Crippen LogP contribution in [0.4, 0.5) is 11.4 Å². The van der Waals surface area contributed by atoms with Crippen LogP contribution in [0.1, 0.15) is 13.3 Å². The summed E-state index contributed by atoms with van der Waals surface area (Å²) in [6.07, 6.45) is -0.969. The Balaban J connectivity index is 1.55. The number of ether oxygens (including phenoxy) is 2. The van der Waals surface area contributed by atoms with Crippen LogP contribution in [-0.4, -0.2) is 35.0 Å². The van der Waals surface area contributed by atoms with Gasteiger partial charge in [-0.05, 0) is 31.2 Å². The topological polar surface area (TPSA) is 107 Å². The van der Waals surface area contributed by atoms with Crippen LogP contribution in [-0.2, 0) is 19.1 Å². The normalized spacial score (nSPS) is 16.4. The Morgan fingerprint density at radius 3 is 2.89 bits per heavy atom. The second kappa shape index (κ2) is 8.05. The number of hydrogen-bond donors (Lipinski definition) is 2. The summed E-state index contributed by atoms with van der Waals surface area (Å²) in [5.74, 6) is -1.30. The highest BCUT2D eigenvalue weighted by molar-refractivity contribution is 6.32. The van der Waals surface area contributed by atoms with Gasteiger partial charge in [0.15, 0.2) is 17.4 Å². The SMILES string of the molecule is C[C@@H](OC(=O)C[C@@H]1Oc2ccccc2NC1=O)C(=O)Nc1cccnc1Cl. The molecule has 0 saturated carbocycles. The van der Waals surface area contributed by atoms with Crippen molar-refractivity contribution in [2.24, 2.45) is 0 Å². The molecule has 2 aromatic rings. The highest BCUT2D eigenvalue weighted by Crippen LogP contribution is 2.29. The molecule has 2 N–H and O–H groups in total. The second-order valence-electron chi connectivity index (χ2n) is 5.76. The summed E-state index contributed by atoms with van der Waals surface area (Å²) in [7, 11) is 0. The summed E-state index contributed by atoms with van der Waals surface area (Å²) in [6.45, 7) is 1.41. The van der Waals surface area contributed by atoms with Crippen LogP contribution < -0.4 is 15.4 Å². The molecule has 2 heterocycles. The number of rotatable bonds is 5. The van der Waals surface area contributed by atoms with Crippen molar-refractivity contribution in [3.8, 4) is 5.75 Å². The van der Waals surface area contributed by atoms with E-state index in [-0.39, 0.29) is 11.6 Å². The molecule has 1 aliphatic heterocycles. The van der Waals surface area contributed by atoms with Gasteiger partial charge in [0.1, 0.15) is 5.75 Å². The van der Waals surface area contributed by atoms with Crippen molar-refractivity contribution in [1.82, 2.24) is 4.98 Å². The van der Waals surface area contributed by atoms with Crippen LogP contribution in [0, 0.1) is 0 Å². The van der Waals surface area contributed by atoms with Gasteiger partial charge < -0.3 is 20.1 Å². The smallest absolute Gasteiger partial charge is 0.310 e. The molecule has 9 heteroatoms. The number of carbonyl (C=O) groups excluding carboxylic acids is 3. The summed E-state index contributed by atoms with van der Waals surface area (Å²) < 4.78 is 10.6. The number of carbonyl (C=O) groups is 3. The van der Waals surface area contributed by atoms with Crippen molar-refractivity contribution < 1.29 is 23.9 Å². The summed E-state index contributed by atoms with van der Waals surface area (Å²) in [6, 6.07) is 10.1. The molecule has 2 amide bonds. The third-order valence-corrected chi connectivity index (χ3v) is 4.05. The lowest BCUT2D eigenvalue weighted by atomic mass is 10.1. The molecule has 27 heavy (non-hydrogen) atoms. The Morgan fingerprint density at radius 1 is 1.33 bits per heavy atom. The molecule has 3 rings (SSSR count). The molecule has 8 nitrogen and oxygen atoms in total. The molecular weight excluding hydrogens is 374 g/mol. The van der Waals surface area contributed by atoms with Crippen LogP contribution in [0.25, 0.3) is 0 Å². The summed E-state index contributed by atoms with van der Waals surface area (Å²) >= 11 is 5.87. The van der Waals surface area contributed by atoms with Crippen molar-refractivity contribution in [3.63, 3.8) is 0 Å². The molecular formula is C18H16ClN3O5. The van der Waals surface area contributed by atoms with E-state index >= 15 is 0 Å². The first-order valence-electron chi connectivity index (χ1n) is 8.11. The van der Waals surface area contributed by atoms with E-state index in [9.17, 15) is 14.4 Å². The molecule has 0 saturated heterocycles. The molecule has 140 valence electrons. The maximum Gasteiger partial charge on any atom is 0.310 e. The van der Waals surface area contributed by atoms with Crippen LogP contribution in [0.3, 0.4) is 0 Å². The summed E-state index contributed by atoms with van der Waals surface area (Å²) in [5.41, 5.74) is 0.840. The minimum atomic E-state index is -1.09. The highest BCUT2D eigenvalue weighted by Gasteiger charge is 2.31. The van der Waals surface area contributed by atoms with Crippen LogP contribution in [0.2, 0.25) is 5.15 Å². The molecule has 1 aromatic heterocycles. The molecule has 1 aliphatic rings. The van der Waals surface area contributed by atoms with E-state index in [4.69, 9.17) is 21.1 Å². The number of anilines is 2. The zero-order valence-electron chi connectivity index (χ0n) is 14.3.